The van der Waals surface area contributed by atoms with Crippen molar-refractivity contribution in [1.29, 1.82) is 0 Å². The monoisotopic (exact) mass is 267 g/mol. The molecule has 0 spiro atoms. The molecule has 0 bridgehead atoms. The summed E-state index contributed by atoms with van der Waals surface area (Å²) in [5.74, 6) is 0.827. The number of hydrogen-bond acceptors (Lipinski definition) is 1. The van der Waals surface area contributed by atoms with E-state index in [-0.39, 0.29) is 5.69 Å². The second-order valence-corrected chi connectivity index (χ2v) is 4.05. The largest absolute Gasteiger partial charge is 0.418 e. The van der Waals surface area contributed by atoms with Crippen LogP contribution in [0, 0.1) is 0 Å². The van der Waals surface area contributed by atoms with Crippen LogP contribution in [0.4, 0.5) is 13.2 Å². The molecule has 2 nitrogen and oxygen atoms in total. The van der Waals surface area contributed by atoms with Crippen LogP contribution in [0.1, 0.15) is 31.7 Å². The van der Waals surface area contributed by atoms with Crippen LogP contribution in [-0.4, -0.2) is 10.4 Å². The highest BCUT2D eigenvalue weighted by Gasteiger charge is 2.39. The van der Waals surface area contributed by atoms with E-state index in [0.717, 1.165) is 10.4 Å². The number of unbranched alkanes of at least 4 members (excludes halogenated alkanes) is 2. The summed E-state index contributed by atoms with van der Waals surface area (Å²) < 4.78 is 36.7. The molecule has 0 aromatic heterocycles. The Bertz CT molecular complexity index is 435. The van der Waals surface area contributed by atoms with Gasteiger partial charge in [-0.15, -0.1) is 11.6 Å². The molecule has 96 valence electrons. The van der Waals surface area contributed by atoms with Crippen LogP contribution in [-0.2, 0) is 6.18 Å². The maximum atomic E-state index is 11.9. The second kappa shape index (κ2) is 5.58. The number of halogens is 4. The Balaban J connectivity index is 0.000000209. The van der Waals surface area contributed by atoms with Crippen LogP contribution in [0.2, 0.25) is 0 Å². The maximum absolute atomic E-state index is 11.9. The summed E-state index contributed by atoms with van der Waals surface area (Å²) in [5, 5.41) is 0. The lowest BCUT2D eigenvalue weighted by Crippen LogP contribution is -2.04. The highest BCUT2D eigenvalue weighted by atomic mass is 35.5. The molecule has 0 radical (unpaired) electrons. The molecule has 0 N–H and O–H groups in total. The molecule has 0 fully saturated rings. The molecule has 0 amide bonds. The van der Waals surface area contributed by atoms with Gasteiger partial charge in [-0.3, -0.25) is 9.36 Å². The van der Waals surface area contributed by atoms with E-state index in [1.54, 1.807) is 0 Å². The van der Waals surface area contributed by atoms with Gasteiger partial charge in [0, 0.05) is 18.1 Å². The van der Waals surface area contributed by atoms with Crippen LogP contribution in [0.3, 0.4) is 0 Å². The van der Waals surface area contributed by atoms with Gasteiger partial charge in [0.15, 0.2) is 0 Å². The molecule has 2 aliphatic heterocycles. The zero-order chi connectivity index (χ0) is 13.1. The molecule has 0 unspecified atom stereocenters. The van der Waals surface area contributed by atoms with Crippen molar-refractivity contribution in [2.45, 2.75) is 32.4 Å². The third-order valence-electron chi connectivity index (χ3n) is 2.27. The summed E-state index contributed by atoms with van der Waals surface area (Å²) in [5.41, 5.74) is -1.45. The summed E-state index contributed by atoms with van der Waals surface area (Å²) in [4.78, 5) is 10.6. The van der Waals surface area contributed by atoms with E-state index in [9.17, 15) is 18.0 Å². The van der Waals surface area contributed by atoms with E-state index in [1.165, 1.54) is 25.5 Å². The predicted molar refractivity (Wildman–Crippen MR) is 60.8 cm³/mol. The quantitative estimate of drug-likeness (QED) is 0.615. The summed E-state index contributed by atoms with van der Waals surface area (Å²) in [7, 11) is 0. The molecule has 17 heavy (non-hydrogen) atoms. The molecule has 2 heterocycles. The lowest BCUT2D eigenvalue weighted by atomic mass is 10.3. The third-order valence-corrected chi connectivity index (χ3v) is 2.53. The highest BCUT2D eigenvalue weighted by Crippen LogP contribution is 2.36. The SMILES string of the molecule is CCCCCCl.O=c1cc(C(F)(F)F)c2cn1-2. The molecule has 0 saturated carbocycles. The number of pyridine rings is 1. The average Bonchev–Trinajstić information content (AvgIpc) is 2.96. The van der Waals surface area contributed by atoms with Gasteiger partial charge in [-0.05, 0) is 6.42 Å². The first-order chi connectivity index (χ1) is 7.91. The molecular formula is C11H13ClF3NO. The maximum Gasteiger partial charge on any atom is 0.418 e. The Labute approximate surface area is 102 Å². The van der Waals surface area contributed by atoms with E-state index in [2.05, 4.69) is 6.92 Å². The standard InChI is InChI=1S/C6H2F3NO.C5H11Cl/c7-6(8,9)3-1-5(11)10-2-4(3)10;1-2-3-4-5-6/h1-2H;2-5H2,1H3. The molecule has 2 rings (SSSR count). The van der Waals surface area contributed by atoms with Crippen molar-refractivity contribution in [3.8, 4) is 5.69 Å². The van der Waals surface area contributed by atoms with Crippen molar-refractivity contribution in [2.75, 3.05) is 5.88 Å². The van der Waals surface area contributed by atoms with Crippen LogP contribution in [0.15, 0.2) is 17.1 Å². The fourth-order valence-electron chi connectivity index (χ4n) is 1.31. The second-order valence-electron chi connectivity index (χ2n) is 3.67. The normalized spacial score (nSPS) is 11.8. The van der Waals surface area contributed by atoms with Crippen molar-refractivity contribution >= 4 is 11.6 Å². The number of hydrogen-bond donors (Lipinski definition) is 0. The fourth-order valence-corrected chi connectivity index (χ4v) is 1.50. The minimum atomic E-state index is -4.40. The topological polar surface area (TPSA) is 22.0 Å². The van der Waals surface area contributed by atoms with Crippen molar-refractivity contribution < 1.29 is 13.2 Å². The van der Waals surface area contributed by atoms with E-state index in [4.69, 9.17) is 11.6 Å². The van der Waals surface area contributed by atoms with Gasteiger partial charge >= 0.3 is 6.18 Å². The van der Waals surface area contributed by atoms with Crippen LogP contribution in [0.25, 0.3) is 5.69 Å². The van der Waals surface area contributed by atoms with E-state index >= 15 is 0 Å². The number of rotatable bonds is 3. The highest BCUT2D eigenvalue weighted by molar-refractivity contribution is 6.17. The Kier molecular flexibility index (Phi) is 4.62. The number of fused-ring (bicyclic) bond motifs is 1. The van der Waals surface area contributed by atoms with Crippen molar-refractivity contribution in [2.24, 2.45) is 0 Å². The third kappa shape index (κ3) is 3.77. The minimum Gasteiger partial charge on any atom is -0.280 e. The first-order valence-electron chi connectivity index (χ1n) is 5.32. The Morgan fingerprint density at radius 3 is 2.18 bits per heavy atom. The predicted octanol–water partition coefficient (Wildman–Crippen LogP) is 3.59. The van der Waals surface area contributed by atoms with Crippen molar-refractivity contribution in [3.05, 3.63) is 28.2 Å². The Morgan fingerprint density at radius 2 is 2.00 bits per heavy atom. The van der Waals surface area contributed by atoms with Crippen molar-refractivity contribution in [3.63, 3.8) is 0 Å². The lowest BCUT2D eigenvalue weighted by Gasteiger charge is -2.00. The Hall–Kier alpha value is -0.970. The zero-order valence-corrected chi connectivity index (χ0v) is 10.1. The van der Waals surface area contributed by atoms with E-state index in [0.29, 0.717) is 6.07 Å². The van der Waals surface area contributed by atoms with E-state index in [1.807, 2.05) is 0 Å². The number of alkyl halides is 4. The minimum absolute atomic E-state index is 0.0116. The molecule has 6 heteroatoms. The van der Waals surface area contributed by atoms with Gasteiger partial charge in [0.25, 0.3) is 5.56 Å². The van der Waals surface area contributed by atoms with Gasteiger partial charge in [0.1, 0.15) is 0 Å². The molecule has 0 aromatic carbocycles. The molecule has 0 aromatic rings. The van der Waals surface area contributed by atoms with Crippen LogP contribution >= 0.6 is 11.6 Å². The number of aromatic nitrogens is 1. The first kappa shape index (κ1) is 14.1. The van der Waals surface area contributed by atoms with Gasteiger partial charge in [-0.25, -0.2) is 0 Å². The molecule has 2 aliphatic rings. The van der Waals surface area contributed by atoms with E-state index < -0.39 is 17.3 Å². The smallest absolute Gasteiger partial charge is 0.280 e. The number of nitrogens with zero attached hydrogens (tertiary/aromatic N) is 1. The van der Waals surface area contributed by atoms with Crippen LogP contribution in [0.5, 0.6) is 0 Å². The first-order valence-corrected chi connectivity index (χ1v) is 5.85. The van der Waals surface area contributed by atoms with Gasteiger partial charge < -0.3 is 0 Å². The van der Waals surface area contributed by atoms with Crippen molar-refractivity contribution in [1.82, 2.24) is 4.57 Å². The molecular weight excluding hydrogens is 255 g/mol. The zero-order valence-electron chi connectivity index (χ0n) is 9.35. The Morgan fingerprint density at radius 1 is 1.35 bits per heavy atom. The molecule has 0 saturated heterocycles. The molecule has 0 aliphatic carbocycles. The van der Waals surface area contributed by atoms with Gasteiger partial charge in [-0.1, -0.05) is 19.8 Å². The van der Waals surface area contributed by atoms with Gasteiger partial charge in [0.2, 0.25) is 0 Å². The summed E-state index contributed by atoms with van der Waals surface area (Å²) in [6, 6.07) is 0.606. The average molecular weight is 268 g/mol. The lowest BCUT2D eigenvalue weighted by molar-refractivity contribution is -0.136. The fraction of sp³-hybridized carbons (Fsp3) is 0.545. The summed E-state index contributed by atoms with van der Waals surface area (Å²) in [6.45, 7) is 2.17. The van der Waals surface area contributed by atoms with Crippen LogP contribution < -0.4 is 5.56 Å². The van der Waals surface area contributed by atoms with Gasteiger partial charge in [-0.2, -0.15) is 13.2 Å². The van der Waals surface area contributed by atoms with Gasteiger partial charge in [0.05, 0.1) is 11.3 Å². The summed E-state index contributed by atoms with van der Waals surface area (Å²) in [6.07, 6.45) is 0.506. The summed E-state index contributed by atoms with van der Waals surface area (Å²) >= 11 is 5.38. The molecule has 0 atom stereocenters.